The number of hydrogen-bond acceptors (Lipinski definition) is 3. The Morgan fingerprint density at radius 1 is 1.15 bits per heavy atom. The van der Waals surface area contributed by atoms with Crippen molar-refractivity contribution in [3.63, 3.8) is 0 Å². The molecule has 3 amide bonds. The number of nitrogens with two attached hydrogens (primary N) is 1. The normalized spacial score (nSPS) is 12.8. The molecule has 0 radical (unpaired) electrons. The van der Waals surface area contributed by atoms with Gasteiger partial charge in [-0.1, -0.05) is 29.3 Å². The van der Waals surface area contributed by atoms with E-state index in [9.17, 15) is 18.4 Å². The summed E-state index contributed by atoms with van der Waals surface area (Å²) in [6.07, 6.45) is 0. The maximum atomic E-state index is 13.8. The average Bonchev–Trinajstić information content (AvgIpc) is 3.16. The zero-order chi connectivity index (χ0) is 23.9. The van der Waals surface area contributed by atoms with E-state index in [1.165, 1.54) is 33.8 Å². The number of primary amides is 1. The van der Waals surface area contributed by atoms with Gasteiger partial charge in [0.25, 0.3) is 5.91 Å². The lowest BCUT2D eigenvalue weighted by Gasteiger charge is -2.28. The number of halogens is 4. The van der Waals surface area contributed by atoms with E-state index in [1.54, 1.807) is 0 Å². The highest BCUT2D eigenvalue weighted by atomic mass is 35.5. The summed E-state index contributed by atoms with van der Waals surface area (Å²) in [6, 6.07) is 5.76. The van der Waals surface area contributed by atoms with Crippen molar-refractivity contribution in [2.24, 2.45) is 5.73 Å². The standard InChI is InChI=1S/C21H14Cl2F2N6O2/c1-27-15-3-2-11(8-14(15)24)28-21(33)30-4-5-31-16(9-30)17(20(26)32)19(29-31)10-6-12(22)18(25)13(23)7-10/h2-3,6-8H,4-5,9H2,(H2,26,32)(H,28,33). The van der Waals surface area contributed by atoms with Gasteiger partial charge < -0.3 is 16.0 Å². The van der Waals surface area contributed by atoms with Crippen molar-refractivity contribution in [1.29, 1.82) is 0 Å². The number of carbonyl (C=O) groups excluding carboxylic acids is 2. The van der Waals surface area contributed by atoms with Gasteiger partial charge in [0, 0.05) is 17.8 Å². The molecule has 4 rings (SSSR count). The number of carbonyl (C=O) groups is 2. The Kier molecular flexibility index (Phi) is 5.93. The molecule has 2 heterocycles. The fourth-order valence-electron chi connectivity index (χ4n) is 3.52. The van der Waals surface area contributed by atoms with Gasteiger partial charge in [-0.05, 0) is 24.3 Å². The zero-order valence-electron chi connectivity index (χ0n) is 16.7. The lowest BCUT2D eigenvalue weighted by molar-refractivity contribution is 0.0997. The molecular weight excluding hydrogens is 477 g/mol. The van der Waals surface area contributed by atoms with Crippen molar-refractivity contribution >= 4 is 46.5 Å². The second-order valence-corrected chi connectivity index (χ2v) is 7.96. The van der Waals surface area contributed by atoms with Crippen LogP contribution in [-0.4, -0.2) is 33.2 Å². The first kappa shape index (κ1) is 22.5. The van der Waals surface area contributed by atoms with E-state index in [2.05, 4.69) is 15.3 Å². The van der Waals surface area contributed by atoms with Crippen LogP contribution in [0.4, 0.5) is 25.0 Å². The lowest BCUT2D eigenvalue weighted by Crippen LogP contribution is -2.41. The van der Waals surface area contributed by atoms with Crippen LogP contribution in [0.15, 0.2) is 30.3 Å². The van der Waals surface area contributed by atoms with Crippen LogP contribution in [0.3, 0.4) is 0 Å². The van der Waals surface area contributed by atoms with E-state index in [0.717, 1.165) is 6.07 Å². The Labute approximate surface area is 196 Å². The lowest BCUT2D eigenvalue weighted by atomic mass is 10.0. The molecule has 3 N–H and O–H groups in total. The predicted molar refractivity (Wildman–Crippen MR) is 118 cm³/mol. The number of amides is 3. The third kappa shape index (κ3) is 4.20. The number of nitrogens with zero attached hydrogens (tertiary/aromatic N) is 4. The number of rotatable bonds is 3. The van der Waals surface area contributed by atoms with Crippen LogP contribution in [0, 0.1) is 18.2 Å². The van der Waals surface area contributed by atoms with Crippen LogP contribution in [0.2, 0.25) is 10.0 Å². The van der Waals surface area contributed by atoms with E-state index >= 15 is 0 Å². The summed E-state index contributed by atoms with van der Waals surface area (Å²) in [6.45, 7) is 7.37. The van der Waals surface area contributed by atoms with E-state index in [1.807, 2.05) is 0 Å². The number of hydrogen-bond donors (Lipinski definition) is 2. The smallest absolute Gasteiger partial charge is 0.322 e. The van der Waals surface area contributed by atoms with Gasteiger partial charge in [-0.15, -0.1) is 0 Å². The van der Waals surface area contributed by atoms with E-state index < -0.39 is 23.6 Å². The van der Waals surface area contributed by atoms with Crippen LogP contribution < -0.4 is 11.1 Å². The first-order valence-electron chi connectivity index (χ1n) is 9.47. The molecule has 0 aliphatic carbocycles. The number of aromatic nitrogens is 2. The van der Waals surface area contributed by atoms with Crippen LogP contribution >= 0.6 is 23.2 Å². The van der Waals surface area contributed by atoms with Crippen LogP contribution in [0.1, 0.15) is 16.1 Å². The zero-order valence-corrected chi connectivity index (χ0v) is 18.2. The number of nitrogens with one attached hydrogen (secondary N) is 1. The molecule has 2 aromatic carbocycles. The SMILES string of the molecule is [C-]#[N+]c1ccc(NC(=O)N2CCn3nc(-c4cc(Cl)c(F)c(Cl)c4)c(C(N)=O)c3C2)cc1F. The van der Waals surface area contributed by atoms with E-state index in [4.69, 9.17) is 35.5 Å². The van der Waals surface area contributed by atoms with Crippen molar-refractivity contribution in [2.45, 2.75) is 13.1 Å². The number of urea groups is 1. The van der Waals surface area contributed by atoms with Gasteiger partial charge in [0.05, 0.1) is 41.0 Å². The largest absolute Gasteiger partial charge is 0.365 e. The second kappa shape index (κ2) is 8.69. The van der Waals surface area contributed by atoms with Crippen molar-refractivity contribution in [1.82, 2.24) is 14.7 Å². The summed E-state index contributed by atoms with van der Waals surface area (Å²) in [5.74, 6) is -2.34. The fourth-order valence-corrected chi connectivity index (χ4v) is 4.01. The van der Waals surface area contributed by atoms with Crippen molar-refractivity contribution in [3.05, 3.63) is 74.7 Å². The molecule has 33 heavy (non-hydrogen) atoms. The highest BCUT2D eigenvalue weighted by Gasteiger charge is 2.30. The Morgan fingerprint density at radius 3 is 2.45 bits per heavy atom. The van der Waals surface area contributed by atoms with Crippen molar-refractivity contribution < 1.29 is 18.4 Å². The summed E-state index contributed by atoms with van der Waals surface area (Å²) in [5, 5.41) is 6.49. The maximum Gasteiger partial charge on any atom is 0.322 e. The maximum absolute atomic E-state index is 13.8. The fraction of sp³-hybridized carbons (Fsp3) is 0.143. The van der Waals surface area contributed by atoms with Gasteiger partial charge in [-0.25, -0.2) is 18.4 Å². The highest BCUT2D eigenvalue weighted by Crippen LogP contribution is 2.34. The number of benzene rings is 2. The molecule has 0 spiro atoms. The summed E-state index contributed by atoms with van der Waals surface area (Å²) >= 11 is 11.8. The topological polar surface area (TPSA) is 97.6 Å². The molecule has 0 saturated heterocycles. The molecule has 168 valence electrons. The molecular formula is C21H14Cl2F2N6O2. The van der Waals surface area contributed by atoms with E-state index in [-0.39, 0.29) is 52.3 Å². The van der Waals surface area contributed by atoms with Gasteiger partial charge in [0.15, 0.2) is 5.82 Å². The molecule has 3 aromatic rings. The monoisotopic (exact) mass is 490 g/mol. The summed E-state index contributed by atoms with van der Waals surface area (Å²) < 4.78 is 29.2. The molecule has 0 bridgehead atoms. The molecule has 0 saturated carbocycles. The third-order valence-corrected chi connectivity index (χ3v) is 5.64. The Hall–Kier alpha value is -3.68. The minimum atomic E-state index is -0.796. The molecule has 1 aromatic heterocycles. The predicted octanol–water partition coefficient (Wildman–Crippen LogP) is 4.83. The van der Waals surface area contributed by atoms with E-state index in [0.29, 0.717) is 11.3 Å². The van der Waals surface area contributed by atoms with Crippen LogP contribution in [0.25, 0.3) is 16.1 Å². The van der Waals surface area contributed by atoms with Crippen molar-refractivity contribution in [3.8, 4) is 11.3 Å². The minimum Gasteiger partial charge on any atom is -0.365 e. The van der Waals surface area contributed by atoms with Gasteiger partial charge in [-0.3, -0.25) is 9.48 Å². The summed E-state index contributed by atoms with van der Waals surface area (Å²) in [5.41, 5.74) is 6.52. The quantitative estimate of drug-likeness (QED) is 0.406. The first-order valence-corrected chi connectivity index (χ1v) is 10.2. The van der Waals surface area contributed by atoms with Gasteiger partial charge in [0.1, 0.15) is 11.5 Å². The molecule has 0 fully saturated rings. The van der Waals surface area contributed by atoms with Crippen LogP contribution in [-0.2, 0) is 13.1 Å². The van der Waals surface area contributed by atoms with Gasteiger partial charge in [-0.2, -0.15) is 5.10 Å². The molecule has 0 unspecified atom stereocenters. The highest BCUT2D eigenvalue weighted by molar-refractivity contribution is 6.35. The molecule has 0 atom stereocenters. The molecule has 8 nitrogen and oxygen atoms in total. The Bertz CT molecular complexity index is 1330. The minimum absolute atomic E-state index is 0.0115. The van der Waals surface area contributed by atoms with Crippen LogP contribution in [0.5, 0.6) is 0 Å². The van der Waals surface area contributed by atoms with Crippen molar-refractivity contribution in [2.75, 3.05) is 11.9 Å². The van der Waals surface area contributed by atoms with Gasteiger partial charge in [0.2, 0.25) is 5.69 Å². The third-order valence-electron chi connectivity index (χ3n) is 5.09. The van der Waals surface area contributed by atoms with Gasteiger partial charge >= 0.3 is 6.03 Å². The Morgan fingerprint density at radius 2 is 1.85 bits per heavy atom. The number of fused-ring (bicyclic) bond motifs is 1. The Balaban J connectivity index is 1.64. The average molecular weight is 491 g/mol. The molecule has 1 aliphatic heterocycles. The second-order valence-electron chi connectivity index (χ2n) is 7.14. The first-order chi connectivity index (χ1) is 15.7. The number of anilines is 1. The molecule has 12 heteroatoms. The summed E-state index contributed by atoms with van der Waals surface area (Å²) in [4.78, 5) is 29.4. The summed E-state index contributed by atoms with van der Waals surface area (Å²) in [7, 11) is 0. The molecule has 1 aliphatic rings.